The number of carboxylic acid groups (broad SMARTS) is 1. The Balaban J connectivity index is 1.78. The molecule has 7 heteroatoms. The second-order valence-electron chi connectivity index (χ2n) is 4.63. The Bertz CT molecular complexity index is 530. The van der Waals surface area contributed by atoms with Gasteiger partial charge in [0.15, 0.2) is 11.5 Å². The average Bonchev–Trinajstić information content (AvgIpc) is 3.07. The van der Waals surface area contributed by atoms with Crippen molar-refractivity contribution < 1.29 is 28.2 Å². The molecule has 1 atom stereocenters. The monoisotopic (exact) mass is 271 g/mol. The zero-order valence-electron chi connectivity index (χ0n) is 9.73. The molecule has 102 valence electrons. The van der Waals surface area contributed by atoms with Gasteiger partial charge >= 0.3 is 12.3 Å². The van der Waals surface area contributed by atoms with Gasteiger partial charge in [0.25, 0.3) is 0 Å². The van der Waals surface area contributed by atoms with E-state index in [9.17, 15) is 13.6 Å². The van der Waals surface area contributed by atoms with Crippen molar-refractivity contribution in [1.29, 1.82) is 0 Å². The van der Waals surface area contributed by atoms with E-state index >= 15 is 0 Å². The maximum atomic E-state index is 12.8. The van der Waals surface area contributed by atoms with Crippen LogP contribution in [0.4, 0.5) is 14.5 Å². The van der Waals surface area contributed by atoms with Crippen molar-refractivity contribution in [3.05, 3.63) is 18.2 Å². The minimum absolute atomic E-state index is 0.0613. The van der Waals surface area contributed by atoms with Crippen LogP contribution >= 0.6 is 0 Å². The third kappa shape index (κ3) is 2.40. The molecular weight excluding hydrogens is 260 g/mol. The van der Waals surface area contributed by atoms with E-state index in [4.69, 9.17) is 5.11 Å². The summed E-state index contributed by atoms with van der Waals surface area (Å²) in [6.07, 6.45) is -1.96. The number of alkyl halides is 2. The molecule has 2 N–H and O–H groups in total. The number of nitrogens with one attached hydrogen (secondary N) is 1. The SMILES string of the molecule is O=C(O)C(Nc1ccc2c(c1)OC(F)(F)O2)C1CC1. The molecule has 1 aromatic rings. The van der Waals surface area contributed by atoms with Crippen LogP contribution in [0.1, 0.15) is 12.8 Å². The Morgan fingerprint density at radius 1 is 1.37 bits per heavy atom. The van der Waals surface area contributed by atoms with Crippen LogP contribution in [0.3, 0.4) is 0 Å². The summed E-state index contributed by atoms with van der Waals surface area (Å²) in [4.78, 5) is 11.1. The van der Waals surface area contributed by atoms with Crippen LogP contribution in [-0.2, 0) is 4.79 Å². The molecule has 1 aromatic carbocycles. The van der Waals surface area contributed by atoms with E-state index in [1.807, 2.05) is 0 Å². The highest BCUT2D eigenvalue weighted by molar-refractivity contribution is 5.78. The first kappa shape index (κ1) is 12.0. The van der Waals surface area contributed by atoms with Gasteiger partial charge in [-0.25, -0.2) is 4.79 Å². The van der Waals surface area contributed by atoms with E-state index in [-0.39, 0.29) is 17.4 Å². The van der Waals surface area contributed by atoms with E-state index in [2.05, 4.69) is 14.8 Å². The van der Waals surface area contributed by atoms with Crippen molar-refractivity contribution in [3.63, 3.8) is 0 Å². The third-order valence-corrected chi connectivity index (χ3v) is 3.08. The summed E-state index contributed by atoms with van der Waals surface area (Å²) in [6.45, 7) is 0. The molecule has 1 fully saturated rings. The van der Waals surface area contributed by atoms with Gasteiger partial charge in [0.2, 0.25) is 0 Å². The number of fused-ring (bicyclic) bond motifs is 1. The molecule has 1 heterocycles. The highest BCUT2D eigenvalue weighted by Gasteiger charge is 2.43. The van der Waals surface area contributed by atoms with E-state index in [1.165, 1.54) is 18.2 Å². The van der Waals surface area contributed by atoms with Gasteiger partial charge in [0.1, 0.15) is 6.04 Å². The summed E-state index contributed by atoms with van der Waals surface area (Å²) in [6, 6.07) is 3.42. The van der Waals surface area contributed by atoms with E-state index in [0.29, 0.717) is 5.69 Å². The first-order chi connectivity index (χ1) is 8.94. The standard InChI is InChI=1S/C12H11F2NO4/c13-12(14)18-8-4-3-7(5-9(8)19-12)15-10(11(16)17)6-1-2-6/h3-6,10,15H,1-2H2,(H,16,17). The summed E-state index contributed by atoms with van der Waals surface area (Å²) < 4.78 is 34.2. The van der Waals surface area contributed by atoms with Crippen molar-refractivity contribution in [2.24, 2.45) is 5.92 Å². The van der Waals surface area contributed by atoms with Crippen molar-refractivity contribution in [2.45, 2.75) is 25.2 Å². The summed E-state index contributed by atoms with van der Waals surface area (Å²) in [5.74, 6) is -1.03. The van der Waals surface area contributed by atoms with Gasteiger partial charge < -0.3 is 19.9 Å². The number of ether oxygens (including phenoxy) is 2. The topological polar surface area (TPSA) is 67.8 Å². The average molecular weight is 271 g/mol. The van der Waals surface area contributed by atoms with Gasteiger partial charge in [-0.15, -0.1) is 8.78 Å². The number of carbonyl (C=O) groups is 1. The van der Waals surface area contributed by atoms with Crippen LogP contribution in [0.5, 0.6) is 11.5 Å². The number of aliphatic carboxylic acids is 1. The zero-order chi connectivity index (χ0) is 13.6. The van der Waals surface area contributed by atoms with Crippen molar-refractivity contribution in [1.82, 2.24) is 0 Å². The molecule has 0 bridgehead atoms. The number of carboxylic acids is 1. The summed E-state index contributed by atoms with van der Waals surface area (Å²) in [5.41, 5.74) is 0.416. The molecule has 1 saturated carbocycles. The molecule has 3 rings (SSSR count). The molecule has 0 radical (unpaired) electrons. The summed E-state index contributed by atoms with van der Waals surface area (Å²) in [5, 5.41) is 11.9. The highest BCUT2D eigenvalue weighted by Crippen LogP contribution is 2.43. The molecule has 0 spiro atoms. The van der Waals surface area contributed by atoms with Crippen LogP contribution in [-0.4, -0.2) is 23.4 Å². The van der Waals surface area contributed by atoms with Crippen LogP contribution in [0.2, 0.25) is 0 Å². The predicted molar refractivity (Wildman–Crippen MR) is 60.4 cm³/mol. The van der Waals surface area contributed by atoms with Crippen LogP contribution in [0.15, 0.2) is 18.2 Å². The van der Waals surface area contributed by atoms with Gasteiger partial charge in [-0.3, -0.25) is 0 Å². The maximum Gasteiger partial charge on any atom is 0.586 e. The quantitative estimate of drug-likeness (QED) is 0.879. The Hall–Kier alpha value is -2.05. The van der Waals surface area contributed by atoms with Crippen LogP contribution < -0.4 is 14.8 Å². The second kappa shape index (κ2) is 3.97. The molecule has 1 aliphatic heterocycles. The normalized spacial score (nSPS) is 20.9. The lowest BCUT2D eigenvalue weighted by Crippen LogP contribution is -2.31. The Morgan fingerprint density at radius 3 is 2.68 bits per heavy atom. The van der Waals surface area contributed by atoms with E-state index in [1.54, 1.807) is 0 Å². The van der Waals surface area contributed by atoms with Gasteiger partial charge in [0.05, 0.1) is 0 Å². The second-order valence-corrected chi connectivity index (χ2v) is 4.63. The smallest absolute Gasteiger partial charge is 0.480 e. The Morgan fingerprint density at radius 2 is 2.05 bits per heavy atom. The fourth-order valence-electron chi connectivity index (χ4n) is 2.03. The fourth-order valence-corrected chi connectivity index (χ4v) is 2.03. The molecular formula is C12H11F2NO4. The number of benzene rings is 1. The van der Waals surface area contributed by atoms with E-state index in [0.717, 1.165) is 12.8 Å². The molecule has 0 saturated heterocycles. The van der Waals surface area contributed by atoms with Crippen molar-refractivity contribution >= 4 is 11.7 Å². The van der Waals surface area contributed by atoms with E-state index < -0.39 is 18.3 Å². The minimum Gasteiger partial charge on any atom is -0.480 e. The van der Waals surface area contributed by atoms with Crippen molar-refractivity contribution in [3.8, 4) is 11.5 Å². The molecule has 0 amide bonds. The van der Waals surface area contributed by atoms with Gasteiger partial charge in [0, 0.05) is 11.8 Å². The first-order valence-corrected chi connectivity index (χ1v) is 5.84. The third-order valence-electron chi connectivity index (χ3n) is 3.08. The number of hydrogen-bond acceptors (Lipinski definition) is 4. The lowest BCUT2D eigenvalue weighted by molar-refractivity contribution is -0.286. The zero-order valence-corrected chi connectivity index (χ0v) is 9.73. The predicted octanol–water partition coefficient (Wildman–Crippen LogP) is 2.28. The lowest BCUT2D eigenvalue weighted by atomic mass is 10.1. The molecule has 5 nitrogen and oxygen atoms in total. The highest BCUT2D eigenvalue weighted by atomic mass is 19.3. The molecule has 1 aliphatic carbocycles. The van der Waals surface area contributed by atoms with Crippen LogP contribution in [0.25, 0.3) is 0 Å². The Kier molecular flexibility index (Phi) is 2.51. The van der Waals surface area contributed by atoms with Gasteiger partial charge in [-0.1, -0.05) is 0 Å². The molecule has 0 aromatic heterocycles. The first-order valence-electron chi connectivity index (χ1n) is 5.84. The maximum absolute atomic E-state index is 12.8. The largest absolute Gasteiger partial charge is 0.586 e. The number of anilines is 1. The number of halogens is 2. The number of hydrogen-bond donors (Lipinski definition) is 2. The summed E-state index contributed by atoms with van der Waals surface area (Å²) >= 11 is 0. The summed E-state index contributed by atoms with van der Waals surface area (Å²) in [7, 11) is 0. The van der Waals surface area contributed by atoms with Gasteiger partial charge in [-0.2, -0.15) is 0 Å². The minimum atomic E-state index is -3.66. The Labute approximate surface area is 107 Å². The van der Waals surface area contributed by atoms with Crippen LogP contribution in [0, 0.1) is 5.92 Å². The molecule has 1 unspecified atom stereocenters. The fraction of sp³-hybridized carbons (Fsp3) is 0.417. The molecule has 19 heavy (non-hydrogen) atoms. The molecule has 2 aliphatic rings. The van der Waals surface area contributed by atoms with Gasteiger partial charge in [-0.05, 0) is 30.9 Å². The number of rotatable bonds is 4. The lowest BCUT2D eigenvalue weighted by Gasteiger charge is -2.15. The van der Waals surface area contributed by atoms with Crippen molar-refractivity contribution in [2.75, 3.05) is 5.32 Å².